The molecule has 136 valence electrons. The third-order valence-corrected chi connectivity index (χ3v) is 5.61. The lowest BCUT2D eigenvalue weighted by Gasteiger charge is -2.04. The molecular formula is C26H21NO. The van der Waals surface area contributed by atoms with Crippen molar-refractivity contribution in [1.82, 2.24) is 4.57 Å². The van der Waals surface area contributed by atoms with Crippen molar-refractivity contribution in [2.75, 3.05) is 0 Å². The van der Waals surface area contributed by atoms with E-state index in [1.165, 1.54) is 33.3 Å². The molecule has 0 unspecified atom stereocenters. The highest BCUT2D eigenvalue weighted by Crippen LogP contribution is 2.34. The molecule has 2 heterocycles. The van der Waals surface area contributed by atoms with Gasteiger partial charge in [0.1, 0.15) is 11.2 Å². The maximum atomic E-state index is 5.97. The van der Waals surface area contributed by atoms with Gasteiger partial charge in [-0.3, -0.25) is 0 Å². The number of allylic oxidation sites excluding steroid dienone is 2. The van der Waals surface area contributed by atoms with Crippen LogP contribution in [0.3, 0.4) is 0 Å². The monoisotopic (exact) mass is 363 g/mol. The fraction of sp³-hybridized carbons (Fsp3) is 0.0769. The lowest BCUT2D eigenvalue weighted by Crippen LogP contribution is -1.90. The smallest absolute Gasteiger partial charge is 0.135 e. The van der Waals surface area contributed by atoms with Crippen molar-refractivity contribution in [3.63, 3.8) is 0 Å². The second-order valence-electron chi connectivity index (χ2n) is 7.21. The predicted molar refractivity (Wildman–Crippen MR) is 120 cm³/mol. The van der Waals surface area contributed by atoms with E-state index in [0.717, 1.165) is 21.9 Å². The molecule has 0 amide bonds. The minimum atomic E-state index is 0.929. The maximum absolute atomic E-state index is 5.97. The lowest BCUT2D eigenvalue weighted by molar-refractivity contribution is 0.669. The molecule has 5 rings (SSSR count). The van der Waals surface area contributed by atoms with Crippen LogP contribution in [0.5, 0.6) is 0 Å². The fourth-order valence-electron chi connectivity index (χ4n) is 4.13. The third-order valence-electron chi connectivity index (χ3n) is 5.61. The van der Waals surface area contributed by atoms with Gasteiger partial charge in [0, 0.05) is 34.4 Å². The molecule has 0 fully saturated rings. The van der Waals surface area contributed by atoms with Crippen molar-refractivity contribution in [2.45, 2.75) is 6.92 Å². The number of para-hydroxylation sites is 1. The van der Waals surface area contributed by atoms with Crippen LogP contribution in [0.25, 0.3) is 50.0 Å². The van der Waals surface area contributed by atoms with Crippen LogP contribution in [0.1, 0.15) is 11.3 Å². The Bertz CT molecular complexity index is 1390. The van der Waals surface area contributed by atoms with Gasteiger partial charge in [-0.05, 0) is 60.0 Å². The summed E-state index contributed by atoms with van der Waals surface area (Å²) in [6, 6.07) is 21.4. The normalized spacial score (nSPS) is 11.9. The van der Waals surface area contributed by atoms with E-state index >= 15 is 0 Å². The summed E-state index contributed by atoms with van der Waals surface area (Å²) in [7, 11) is 2.11. The average molecular weight is 363 g/mol. The van der Waals surface area contributed by atoms with Crippen LogP contribution in [0.4, 0.5) is 0 Å². The first-order valence-electron chi connectivity index (χ1n) is 9.47. The first-order valence-corrected chi connectivity index (χ1v) is 9.47. The number of aryl methyl sites for hydroxylation is 2. The summed E-state index contributed by atoms with van der Waals surface area (Å²) in [6.07, 6.45) is 5.92. The Morgan fingerprint density at radius 2 is 1.57 bits per heavy atom. The molecule has 0 spiro atoms. The number of hydrogen-bond donors (Lipinski definition) is 0. The first-order chi connectivity index (χ1) is 13.7. The van der Waals surface area contributed by atoms with Gasteiger partial charge in [0.2, 0.25) is 0 Å². The van der Waals surface area contributed by atoms with Gasteiger partial charge in [-0.25, -0.2) is 0 Å². The fourth-order valence-corrected chi connectivity index (χ4v) is 4.13. The molecule has 0 bridgehead atoms. The molecule has 2 nitrogen and oxygen atoms in total. The van der Waals surface area contributed by atoms with Crippen LogP contribution in [-0.4, -0.2) is 4.57 Å². The van der Waals surface area contributed by atoms with Crippen LogP contribution >= 0.6 is 0 Å². The van der Waals surface area contributed by atoms with Crippen molar-refractivity contribution < 1.29 is 4.42 Å². The summed E-state index contributed by atoms with van der Waals surface area (Å²) in [6.45, 7) is 5.96. The molecule has 3 aromatic carbocycles. The Labute approximate surface area is 164 Å². The van der Waals surface area contributed by atoms with Crippen LogP contribution in [-0.2, 0) is 7.05 Å². The van der Waals surface area contributed by atoms with Crippen LogP contribution in [0.15, 0.2) is 83.8 Å². The highest BCUT2D eigenvalue weighted by molar-refractivity contribution is 6.06. The van der Waals surface area contributed by atoms with E-state index in [9.17, 15) is 0 Å². The van der Waals surface area contributed by atoms with E-state index in [1.54, 1.807) is 0 Å². The quantitative estimate of drug-likeness (QED) is 0.309. The molecule has 0 N–H and O–H groups in total. The van der Waals surface area contributed by atoms with E-state index in [1.807, 2.05) is 24.3 Å². The molecule has 0 aliphatic heterocycles. The molecule has 0 aliphatic carbocycles. The zero-order valence-electron chi connectivity index (χ0n) is 16.1. The van der Waals surface area contributed by atoms with E-state index < -0.39 is 0 Å². The topological polar surface area (TPSA) is 18.1 Å². The van der Waals surface area contributed by atoms with Gasteiger partial charge >= 0.3 is 0 Å². The Morgan fingerprint density at radius 3 is 2.39 bits per heavy atom. The number of aromatic nitrogens is 1. The maximum Gasteiger partial charge on any atom is 0.135 e. The number of benzene rings is 3. The molecule has 2 heteroatoms. The summed E-state index contributed by atoms with van der Waals surface area (Å²) in [4.78, 5) is 0. The molecular weight excluding hydrogens is 342 g/mol. The largest absolute Gasteiger partial charge is 0.456 e. The van der Waals surface area contributed by atoms with Gasteiger partial charge in [-0.15, -0.1) is 0 Å². The van der Waals surface area contributed by atoms with Crippen molar-refractivity contribution >= 4 is 38.9 Å². The second-order valence-corrected chi connectivity index (χ2v) is 7.21. The van der Waals surface area contributed by atoms with Gasteiger partial charge in [0.15, 0.2) is 0 Å². The van der Waals surface area contributed by atoms with Crippen molar-refractivity contribution in [2.24, 2.45) is 7.05 Å². The number of fused-ring (bicyclic) bond motifs is 4. The molecule has 0 saturated heterocycles. The molecule has 5 aromatic rings. The third kappa shape index (κ3) is 2.42. The number of furan rings is 1. The van der Waals surface area contributed by atoms with Crippen molar-refractivity contribution in [3.05, 3.63) is 90.7 Å². The van der Waals surface area contributed by atoms with Crippen LogP contribution in [0.2, 0.25) is 0 Å². The summed E-state index contributed by atoms with van der Waals surface area (Å²) in [5, 5.41) is 3.60. The Hall–Kier alpha value is -3.52. The SMILES string of the molecule is C=C/C=C\c1c(C)c2cc(-c3ccc4oc5ccccc5c4c3)ccc2n1C. The Balaban J connectivity index is 1.70. The van der Waals surface area contributed by atoms with Crippen LogP contribution < -0.4 is 0 Å². The highest BCUT2D eigenvalue weighted by Gasteiger charge is 2.12. The van der Waals surface area contributed by atoms with Gasteiger partial charge in [-0.2, -0.15) is 0 Å². The standard InChI is InChI=1S/C26H21NO/c1-4-5-9-23-17(2)21-15-18(11-13-24(21)27(23)3)19-12-14-26-22(16-19)20-8-6-7-10-25(20)28-26/h4-16H,1H2,2-3H3/b9-5-. The van der Waals surface area contributed by atoms with Gasteiger partial charge in [-0.1, -0.05) is 49.1 Å². The van der Waals surface area contributed by atoms with Crippen LogP contribution in [0, 0.1) is 6.92 Å². The first kappa shape index (κ1) is 16.6. The van der Waals surface area contributed by atoms with E-state index in [2.05, 4.69) is 79.7 Å². The summed E-state index contributed by atoms with van der Waals surface area (Å²) < 4.78 is 8.21. The van der Waals surface area contributed by atoms with E-state index in [0.29, 0.717) is 0 Å². The minimum Gasteiger partial charge on any atom is -0.456 e. The predicted octanol–water partition coefficient (Wildman–Crippen LogP) is 7.25. The minimum absolute atomic E-state index is 0.929. The lowest BCUT2D eigenvalue weighted by atomic mass is 10.0. The molecule has 2 aromatic heterocycles. The zero-order chi connectivity index (χ0) is 19.3. The Morgan fingerprint density at radius 1 is 0.857 bits per heavy atom. The zero-order valence-corrected chi connectivity index (χ0v) is 16.1. The molecule has 0 saturated carbocycles. The van der Waals surface area contributed by atoms with Crippen molar-refractivity contribution in [1.29, 1.82) is 0 Å². The van der Waals surface area contributed by atoms with E-state index in [-0.39, 0.29) is 0 Å². The number of rotatable bonds is 3. The molecule has 0 radical (unpaired) electrons. The number of hydrogen-bond acceptors (Lipinski definition) is 1. The summed E-state index contributed by atoms with van der Waals surface area (Å²) in [5.74, 6) is 0. The van der Waals surface area contributed by atoms with Crippen molar-refractivity contribution in [3.8, 4) is 11.1 Å². The second kappa shape index (κ2) is 6.28. The molecule has 0 aliphatic rings. The molecule has 0 atom stereocenters. The molecule has 28 heavy (non-hydrogen) atoms. The number of nitrogens with zero attached hydrogens (tertiary/aromatic N) is 1. The van der Waals surface area contributed by atoms with Gasteiger partial charge in [0.05, 0.1) is 0 Å². The highest BCUT2D eigenvalue weighted by atomic mass is 16.3. The Kier molecular flexibility index (Phi) is 3.73. The summed E-state index contributed by atoms with van der Waals surface area (Å²) in [5.41, 5.74) is 8.01. The van der Waals surface area contributed by atoms with Gasteiger partial charge in [0.25, 0.3) is 0 Å². The summed E-state index contributed by atoms with van der Waals surface area (Å²) >= 11 is 0. The van der Waals surface area contributed by atoms with Gasteiger partial charge < -0.3 is 8.98 Å². The van der Waals surface area contributed by atoms with E-state index in [4.69, 9.17) is 4.42 Å². The average Bonchev–Trinajstić information content (AvgIpc) is 3.21.